The minimum absolute atomic E-state index is 0.0367. The smallest absolute Gasteiger partial charge is 0.408 e. The number of carbonyl (C=O) groups excluding carboxylic acids is 2. The molecule has 2 aromatic carbocycles. The monoisotopic (exact) mass is 449 g/mol. The van der Waals surface area contributed by atoms with Crippen LogP contribution in [0, 0.1) is 0 Å². The number of nitrogens with one attached hydrogen (secondary N) is 1. The number of sulfone groups is 1. The average molecular weight is 450 g/mol. The number of hydrogen-bond donors (Lipinski definition) is 2. The third-order valence-electron chi connectivity index (χ3n) is 4.08. The van der Waals surface area contributed by atoms with E-state index in [0.717, 1.165) is 6.07 Å². The second-order valence-corrected chi connectivity index (χ2v) is 9.68. The van der Waals surface area contributed by atoms with Crippen molar-refractivity contribution in [1.82, 2.24) is 5.32 Å². The van der Waals surface area contributed by atoms with Crippen LogP contribution in [0.2, 0.25) is 0 Å². The Morgan fingerprint density at radius 3 is 2.32 bits per heavy atom. The summed E-state index contributed by atoms with van der Waals surface area (Å²) < 4.78 is 36.5. The highest BCUT2D eigenvalue weighted by Gasteiger charge is 2.29. The summed E-state index contributed by atoms with van der Waals surface area (Å²) in [4.78, 5) is 24.6. The first-order chi connectivity index (χ1) is 14.4. The van der Waals surface area contributed by atoms with Crippen molar-refractivity contribution < 1.29 is 32.6 Å². The first-order valence-electron chi connectivity index (χ1n) is 9.72. The molecule has 0 unspecified atom stereocenters. The summed E-state index contributed by atoms with van der Waals surface area (Å²) in [5.74, 6) is -0.976. The minimum atomic E-state index is -3.99. The Kier molecular flexibility index (Phi) is 7.67. The van der Waals surface area contributed by atoms with Gasteiger partial charge in [0.2, 0.25) is 9.84 Å². The maximum absolute atomic E-state index is 13.2. The lowest BCUT2D eigenvalue weighted by Crippen LogP contribution is -2.45. The first-order valence-corrected chi connectivity index (χ1v) is 11.2. The van der Waals surface area contributed by atoms with Gasteiger partial charge in [-0.3, -0.25) is 0 Å². The predicted octanol–water partition coefficient (Wildman–Crippen LogP) is 3.22. The highest BCUT2D eigenvalue weighted by molar-refractivity contribution is 7.91. The highest BCUT2D eigenvalue weighted by Crippen LogP contribution is 2.28. The van der Waals surface area contributed by atoms with Crippen LogP contribution in [0.5, 0.6) is 5.75 Å². The maximum atomic E-state index is 13.2. The van der Waals surface area contributed by atoms with Gasteiger partial charge in [-0.05, 0) is 57.5 Å². The summed E-state index contributed by atoms with van der Waals surface area (Å²) in [5, 5.41) is 12.3. The molecule has 0 aliphatic rings. The van der Waals surface area contributed by atoms with Crippen molar-refractivity contribution in [3.8, 4) is 5.75 Å². The van der Waals surface area contributed by atoms with Gasteiger partial charge in [0, 0.05) is 6.42 Å². The van der Waals surface area contributed by atoms with Gasteiger partial charge in [0.05, 0.1) is 16.4 Å². The number of esters is 1. The van der Waals surface area contributed by atoms with Crippen molar-refractivity contribution in [3.05, 3.63) is 54.1 Å². The number of phenolic OH excluding ortho intramolecular Hbond substituents is 1. The molecule has 2 aromatic rings. The molecule has 168 valence electrons. The second kappa shape index (κ2) is 9.82. The van der Waals surface area contributed by atoms with Crippen LogP contribution in [0.15, 0.2) is 58.3 Å². The molecule has 0 aliphatic heterocycles. The summed E-state index contributed by atoms with van der Waals surface area (Å²) in [6.07, 6.45) is -1.02. The zero-order valence-corrected chi connectivity index (χ0v) is 18.7. The van der Waals surface area contributed by atoms with E-state index in [-0.39, 0.29) is 34.1 Å². The molecule has 8 nitrogen and oxygen atoms in total. The van der Waals surface area contributed by atoms with E-state index in [0.29, 0.717) is 0 Å². The number of amides is 1. The van der Waals surface area contributed by atoms with Gasteiger partial charge in [-0.1, -0.05) is 24.3 Å². The number of hydrogen-bond acceptors (Lipinski definition) is 7. The largest absolute Gasteiger partial charge is 0.508 e. The van der Waals surface area contributed by atoms with E-state index in [1.54, 1.807) is 45.9 Å². The van der Waals surface area contributed by atoms with Crippen LogP contribution >= 0.6 is 0 Å². The number of carbonyl (C=O) groups is 2. The molecule has 0 saturated carbocycles. The molecular weight excluding hydrogens is 422 g/mol. The van der Waals surface area contributed by atoms with Crippen LogP contribution in [0.4, 0.5) is 4.79 Å². The lowest BCUT2D eigenvalue weighted by molar-refractivity contribution is -0.145. The molecule has 0 radical (unpaired) electrons. The molecular formula is C22H27NO7S. The molecule has 9 heteroatoms. The average Bonchev–Trinajstić information content (AvgIpc) is 2.68. The number of benzene rings is 2. The number of aromatic hydroxyl groups is 1. The molecule has 0 heterocycles. The van der Waals surface area contributed by atoms with Crippen molar-refractivity contribution in [1.29, 1.82) is 0 Å². The van der Waals surface area contributed by atoms with Crippen LogP contribution in [-0.2, 0) is 30.5 Å². The van der Waals surface area contributed by atoms with Crippen LogP contribution in [0.3, 0.4) is 0 Å². The van der Waals surface area contributed by atoms with Crippen LogP contribution in [0.25, 0.3) is 0 Å². The Morgan fingerprint density at radius 2 is 1.74 bits per heavy atom. The molecule has 0 bridgehead atoms. The fraction of sp³-hybridized carbons (Fsp3) is 0.364. The highest BCUT2D eigenvalue weighted by atomic mass is 32.2. The van der Waals surface area contributed by atoms with E-state index in [9.17, 15) is 23.1 Å². The number of alkyl carbamates (subject to hydrolysis) is 1. The third kappa shape index (κ3) is 6.71. The van der Waals surface area contributed by atoms with Gasteiger partial charge in [0.15, 0.2) is 0 Å². The number of phenols is 1. The Labute approximate surface area is 182 Å². The summed E-state index contributed by atoms with van der Waals surface area (Å²) in [5.41, 5.74) is -0.556. The number of ether oxygens (including phenoxy) is 2. The second-order valence-electron chi connectivity index (χ2n) is 7.76. The van der Waals surface area contributed by atoms with Crippen molar-refractivity contribution in [2.75, 3.05) is 6.61 Å². The fourth-order valence-electron chi connectivity index (χ4n) is 2.79. The van der Waals surface area contributed by atoms with E-state index < -0.39 is 33.5 Å². The van der Waals surface area contributed by atoms with Crippen molar-refractivity contribution >= 4 is 21.9 Å². The van der Waals surface area contributed by atoms with Gasteiger partial charge in [-0.15, -0.1) is 0 Å². The molecule has 0 aromatic heterocycles. The zero-order chi connectivity index (χ0) is 23.2. The third-order valence-corrected chi connectivity index (χ3v) is 5.93. The summed E-state index contributed by atoms with van der Waals surface area (Å²) in [6.45, 7) is 6.73. The molecule has 0 saturated heterocycles. The topological polar surface area (TPSA) is 119 Å². The molecule has 2 N–H and O–H groups in total. The molecule has 2 rings (SSSR count). The van der Waals surface area contributed by atoms with E-state index in [2.05, 4.69) is 5.32 Å². The predicted molar refractivity (Wildman–Crippen MR) is 113 cm³/mol. The fourth-order valence-corrected chi connectivity index (χ4v) is 4.34. The van der Waals surface area contributed by atoms with Gasteiger partial charge in [0.1, 0.15) is 17.4 Å². The van der Waals surface area contributed by atoms with Crippen LogP contribution in [-0.4, -0.2) is 43.8 Å². The van der Waals surface area contributed by atoms with Gasteiger partial charge in [-0.2, -0.15) is 0 Å². The molecule has 1 atom stereocenters. The van der Waals surface area contributed by atoms with E-state index in [4.69, 9.17) is 9.47 Å². The van der Waals surface area contributed by atoms with Gasteiger partial charge in [0.25, 0.3) is 0 Å². The van der Waals surface area contributed by atoms with Crippen molar-refractivity contribution in [2.45, 2.75) is 55.5 Å². The van der Waals surface area contributed by atoms with Crippen molar-refractivity contribution in [3.63, 3.8) is 0 Å². The van der Waals surface area contributed by atoms with E-state index in [1.807, 2.05) is 0 Å². The molecule has 0 spiro atoms. The molecule has 1 amide bonds. The molecule has 0 aliphatic carbocycles. The lowest BCUT2D eigenvalue weighted by atomic mass is 10.1. The van der Waals surface area contributed by atoms with E-state index >= 15 is 0 Å². The quantitative estimate of drug-likeness (QED) is 0.623. The zero-order valence-electron chi connectivity index (χ0n) is 17.9. The van der Waals surface area contributed by atoms with Gasteiger partial charge in [-0.25, -0.2) is 18.0 Å². The van der Waals surface area contributed by atoms with Gasteiger partial charge < -0.3 is 19.9 Å². The summed E-state index contributed by atoms with van der Waals surface area (Å²) in [6, 6.07) is 10.4. The Balaban J connectivity index is 2.43. The minimum Gasteiger partial charge on any atom is -0.508 e. The number of rotatable bonds is 7. The maximum Gasteiger partial charge on any atom is 0.408 e. The van der Waals surface area contributed by atoms with Crippen molar-refractivity contribution in [2.24, 2.45) is 0 Å². The molecule has 31 heavy (non-hydrogen) atoms. The summed E-state index contributed by atoms with van der Waals surface area (Å²) >= 11 is 0. The van der Waals surface area contributed by atoms with Crippen LogP contribution in [0.1, 0.15) is 33.3 Å². The first kappa shape index (κ1) is 24.2. The normalized spacial score (nSPS) is 12.6. The molecule has 0 fully saturated rings. The van der Waals surface area contributed by atoms with E-state index in [1.165, 1.54) is 24.3 Å². The van der Waals surface area contributed by atoms with Crippen LogP contribution < -0.4 is 5.32 Å². The SMILES string of the molecule is CCOC(=O)[C@H](Cc1ccc(O)cc1S(=O)(=O)c1ccccc1)NC(=O)OC(C)(C)C. The summed E-state index contributed by atoms with van der Waals surface area (Å²) in [7, 11) is -3.99. The Morgan fingerprint density at radius 1 is 1.10 bits per heavy atom. The standard InChI is InChI=1S/C22H27NO7S/c1-5-29-20(25)18(23-21(26)30-22(2,3)4)13-15-11-12-16(24)14-19(15)31(27,28)17-9-7-6-8-10-17/h6-12,14,18,24H,5,13H2,1-4H3,(H,23,26)/t18-/m0/s1. The van der Waals surface area contributed by atoms with Gasteiger partial charge >= 0.3 is 12.1 Å². The Hall–Kier alpha value is -3.07. The lowest BCUT2D eigenvalue weighted by Gasteiger charge is -2.23. The Bertz CT molecular complexity index is 1030.